The monoisotopic (exact) mass is 220 g/mol. The average molecular weight is 220 g/mol. The zero-order valence-electron chi connectivity index (χ0n) is 9.31. The standard InChI is InChI=1S/C11H16N4O/c1-11(10(13)16)4-6-15(7-11)8-3-2-5-14-9(8)12/h2-3,5H,4,6-7H2,1H3,(H2,12,14)(H2,13,16). The number of nitrogens with zero attached hydrogens (tertiary/aromatic N) is 2. The van der Waals surface area contributed by atoms with Gasteiger partial charge in [0.05, 0.1) is 11.1 Å². The average Bonchev–Trinajstić information content (AvgIpc) is 2.63. The van der Waals surface area contributed by atoms with Gasteiger partial charge in [0.15, 0.2) is 0 Å². The molecule has 1 aromatic heterocycles. The number of pyridine rings is 1. The second kappa shape index (κ2) is 3.66. The number of carbonyl (C=O) groups excluding carboxylic acids is 1. The smallest absolute Gasteiger partial charge is 0.225 e. The highest BCUT2D eigenvalue weighted by atomic mass is 16.1. The molecule has 1 saturated heterocycles. The van der Waals surface area contributed by atoms with Crippen LogP contribution in [0.3, 0.4) is 0 Å². The number of amides is 1. The molecular weight excluding hydrogens is 204 g/mol. The molecule has 0 aliphatic carbocycles. The molecule has 2 heterocycles. The van der Waals surface area contributed by atoms with Crippen molar-refractivity contribution in [1.82, 2.24) is 4.98 Å². The summed E-state index contributed by atoms with van der Waals surface area (Å²) in [7, 11) is 0. The van der Waals surface area contributed by atoms with Crippen LogP contribution >= 0.6 is 0 Å². The summed E-state index contributed by atoms with van der Waals surface area (Å²) in [6.07, 6.45) is 2.42. The maximum absolute atomic E-state index is 11.3. The van der Waals surface area contributed by atoms with Gasteiger partial charge in [0.1, 0.15) is 5.82 Å². The van der Waals surface area contributed by atoms with Crippen molar-refractivity contribution in [3.63, 3.8) is 0 Å². The van der Waals surface area contributed by atoms with Crippen molar-refractivity contribution in [2.45, 2.75) is 13.3 Å². The molecule has 0 aromatic carbocycles. The van der Waals surface area contributed by atoms with Gasteiger partial charge in [-0.15, -0.1) is 0 Å². The van der Waals surface area contributed by atoms with E-state index in [2.05, 4.69) is 9.88 Å². The van der Waals surface area contributed by atoms with Crippen molar-refractivity contribution in [2.75, 3.05) is 23.7 Å². The first kappa shape index (κ1) is 10.7. The molecule has 1 aromatic rings. The number of primary amides is 1. The molecule has 0 saturated carbocycles. The Kier molecular flexibility index (Phi) is 2.46. The maximum Gasteiger partial charge on any atom is 0.225 e. The number of anilines is 2. The summed E-state index contributed by atoms with van der Waals surface area (Å²) in [5.74, 6) is 0.244. The SMILES string of the molecule is CC1(C(N)=O)CCN(c2cccnc2N)C1. The van der Waals surface area contributed by atoms with Crippen LogP contribution in [0.15, 0.2) is 18.3 Å². The first-order valence-corrected chi connectivity index (χ1v) is 5.28. The van der Waals surface area contributed by atoms with Gasteiger partial charge in [0, 0.05) is 19.3 Å². The fourth-order valence-electron chi connectivity index (χ4n) is 2.04. The quantitative estimate of drug-likeness (QED) is 0.753. The second-order valence-corrected chi connectivity index (χ2v) is 4.50. The van der Waals surface area contributed by atoms with Crippen LogP contribution in [0.4, 0.5) is 11.5 Å². The van der Waals surface area contributed by atoms with Crippen molar-refractivity contribution in [1.29, 1.82) is 0 Å². The Morgan fingerprint density at radius 3 is 2.94 bits per heavy atom. The summed E-state index contributed by atoms with van der Waals surface area (Å²) >= 11 is 0. The van der Waals surface area contributed by atoms with E-state index in [1.54, 1.807) is 6.20 Å². The van der Waals surface area contributed by atoms with Gasteiger partial charge in [-0.25, -0.2) is 4.98 Å². The second-order valence-electron chi connectivity index (χ2n) is 4.50. The molecule has 1 fully saturated rings. The summed E-state index contributed by atoms with van der Waals surface area (Å²) < 4.78 is 0. The van der Waals surface area contributed by atoms with Crippen LogP contribution in [0, 0.1) is 5.41 Å². The van der Waals surface area contributed by atoms with Gasteiger partial charge in [-0.05, 0) is 25.5 Å². The maximum atomic E-state index is 11.3. The molecule has 5 nitrogen and oxygen atoms in total. The van der Waals surface area contributed by atoms with E-state index in [1.807, 2.05) is 19.1 Å². The highest BCUT2D eigenvalue weighted by Crippen LogP contribution is 2.34. The Hall–Kier alpha value is -1.78. The molecule has 4 N–H and O–H groups in total. The number of aromatic nitrogens is 1. The summed E-state index contributed by atoms with van der Waals surface area (Å²) in [5.41, 5.74) is 11.6. The highest BCUT2D eigenvalue weighted by Gasteiger charge is 2.39. The van der Waals surface area contributed by atoms with E-state index in [0.717, 1.165) is 18.7 Å². The van der Waals surface area contributed by atoms with Crippen LogP contribution in [0.2, 0.25) is 0 Å². The third kappa shape index (κ3) is 1.68. The van der Waals surface area contributed by atoms with Crippen molar-refractivity contribution in [3.8, 4) is 0 Å². The lowest BCUT2D eigenvalue weighted by Crippen LogP contribution is -2.37. The minimum atomic E-state index is -0.456. The van der Waals surface area contributed by atoms with Crippen LogP contribution in [0.25, 0.3) is 0 Å². The van der Waals surface area contributed by atoms with Crippen LogP contribution in [0.1, 0.15) is 13.3 Å². The van der Waals surface area contributed by atoms with Crippen molar-refractivity contribution >= 4 is 17.4 Å². The lowest BCUT2D eigenvalue weighted by atomic mass is 9.89. The van der Waals surface area contributed by atoms with Crippen molar-refractivity contribution in [3.05, 3.63) is 18.3 Å². The third-order valence-corrected chi connectivity index (χ3v) is 3.23. The van der Waals surface area contributed by atoms with Gasteiger partial charge in [0.25, 0.3) is 0 Å². The highest BCUT2D eigenvalue weighted by molar-refractivity contribution is 5.82. The van der Waals surface area contributed by atoms with Gasteiger partial charge < -0.3 is 16.4 Å². The Morgan fingerprint density at radius 1 is 1.62 bits per heavy atom. The van der Waals surface area contributed by atoms with Gasteiger partial charge >= 0.3 is 0 Å². The first-order valence-electron chi connectivity index (χ1n) is 5.28. The Bertz CT molecular complexity index is 420. The van der Waals surface area contributed by atoms with Crippen molar-refractivity contribution in [2.24, 2.45) is 11.1 Å². The molecule has 5 heteroatoms. The molecule has 0 bridgehead atoms. The molecule has 0 spiro atoms. The predicted octanol–water partition coefficient (Wildman–Crippen LogP) is 0.365. The lowest BCUT2D eigenvalue weighted by molar-refractivity contribution is -0.125. The molecule has 16 heavy (non-hydrogen) atoms. The summed E-state index contributed by atoms with van der Waals surface area (Å²) in [6.45, 7) is 3.29. The predicted molar refractivity (Wildman–Crippen MR) is 62.8 cm³/mol. The molecule has 1 atom stereocenters. The number of nitrogen functional groups attached to an aromatic ring is 1. The van der Waals surface area contributed by atoms with E-state index in [1.165, 1.54) is 0 Å². The number of carbonyl (C=O) groups is 1. The fourth-order valence-corrected chi connectivity index (χ4v) is 2.04. The van der Waals surface area contributed by atoms with E-state index in [-0.39, 0.29) is 5.91 Å². The number of rotatable bonds is 2. The summed E-state index contributed by atoms with van der Waals surface area (Å²) in [6, 6.07) is 3.75. The third-order valence-electron chi connectivity index (χ3n) is 3.23. The molecule has 2 rings (SSSR count). The summed E-state index contributed by atoms with van der Waals surface area (Å²) in [5, 5.41) is 0. The van der Waals surface area contributed by atoms with Gasteiger partial charge in [0.2, 0.25) is 5.91 Å². The topological polar surface area (TPSA) is 85.2 Å². The molecule has 1 unspecified atom stereocenters. The van der Waals surface area contributed by atoms with Crippen LogP contribution < -0.4 is 16.4 Å². The minimum Gasteiger partial charge on any atom is -0.382 e. The first-order chi connectivity index (χ1) is 7.53. The van der Waals surface area contributed by atoms with Gasteiger partial charge in [-0.1, -0.05) is 0 Å². The Labute approximate surface area is 94.4 Å². The van der Waals surface area contributed by atoms with E-state index in [0.29, 0.717) is 12.4 Å². The summed E-state index contributed by atoms with van der Waals surface area (Å²) in [4.78, 5) is 17.4. The molecule has 1 aliphatic rings. The zero-order chi connectivity index (χ0) is 11.8. The molecular formula is C11H16N4O. The minimum absolute atomic E-state index is 0.252. The Balaban J connectivity index is 2.22. The van der Waals surface area contributed by atoms with E-state index < -0.39 is 5.41 Å². The van der Waals surface area contributed by atoms with E-state index in [9.17, 15) is 4.79 Å². The fraction of sp³-hybridized carbons (Fsp3) is 0.455. The number of nitrogens with two attached hydrogens (primary N) is 2. The van der Waals surface area contributed by atoms with Gasteiger partial charge in [-0.3, -0.25) is 4.79 Å². The zero-order valence-corrected chi connectivity index (χ0v) is 9.31. The van der Waals surface area contributed by atoms with Gasteiger partial charge in [-0.2, -0.15) is 0 Å². The van der Waals surface area contributed by atoms with Crippen LogP contribution in [0.5, 0.6) is 0 Å². The van der Waals surface area contributed by atoms with E-state index >= 15 is 0 Å². The molecule has 0 radical (unpaired) electrons. The number of hydrogen-bond donors (Lipinski definition) is 2. The molecule has 1 aliphatic heterocycles. The van der Waals surface area contributed by atoms with E-state index in [4.69, 9.17) is 11.5 Å². The molecule has 86 valence electrons. The van der Waals surface area contributed by atoms with Crippen LogP contribution in [-0.2, 0) is 4.79 Å². The normalized spacial score (nSPS) is 24.7. The number of hydrogen-bond acceptors (Lipinski definition) is 4. The van der Waals surface area contributed by atoms with Crippen molar-refractivity contribution < 1.29 is 4.79 Å². The molecule has 1 amide bonds. The lowest BCUT2D eigenvalue weighted by Gasteiger charge is -2.23. The Morgan fingerprint density at radius 2 is 2.38 bits per heavy atom. The largest absolute Gasteiger partial charge is 0.382 e. The van der Waals surface area contributed by atoms with Crippen LogP contribution in [-0.4, -0.2) is 24.0 Å².